The van der Waals surface area contributed by atoms with E-state index in [9.17, 15) is 0 Å². The van der Waals surface area contributed by atoms with Gasteiger partial charge < -0.3 is 5.73 Å². The maximum atomic E-state index is 6.24. The highest BCUT2D eigenvalue weighted by Crippen LogP contribution is 2.37. The summed E-state index contributed by atoms with van der Waals surface area (Å²) in [4.78, 5) is 7.13. The molecule has 0 amide bonds. The van der Waals surface area contributed by atoms with Crippen LogP contribution in [0.5, 0.6) is 0 Å². The average Bonchev–Trinajstić information content (AvgIpc) is 2.95. The van der Waals surface area contributed by atoms with E-state index >= 15 is 0 Å². The van der Waals surface area contributed by atoms with Gasteiger partial charge in [-0.2, -0.15) is 0 Å². The van der Waals surface area contributed by atoms with Crippen LogP contribution in [0, 0.1) is 0 Å². The molecule has 0 aliphatic carbocycles. The van der Waals surface area contributed by atoms with Gasteiger partial charge in [0.25, 0.3) is 0 Å². The normalized spacial score (nSPS) is 12.2. The minimum Gasteiger partial charge on any atom is -0.383 e. The lowest BCUT2D eigenvalue weighted by Crippen LogP contribution is -2.07. The molecule has 0 saturated heterocycles. The Bertz CT molecular complexity index is 780. The molecule has 2 N–H and O–H groups in total. The Labute approximate surface area is 130 Å². The van der Waals surface area contributed by atoms with Gasteiger partial charge in [-0.3, -0.25) is 4.40 Å². The minimum absolute atomic E-state index is 0.150. The summed E-state index contributed by atoms with van der Waals surface area (Å²) in [6.07, 6.45) is 1.93. The molecule has 0 fully saturated rings. The molecule has 0 radical (unpaired) electrons. The van der Waals surface area contributed by atoms with Crippen LogP contribution in [0.1, 0.15) is 25.6 Å². The zero-order valence-corrected chi connectivity index (χ0v) is 14.0. The van der Waals surface area contributed by atoms with Crippen LogP contribution in [0.25, 0.3) is 16.2 Å². The second-order valence-electron chi connectivity index (χ2n) is 5.81. The number of pyridine rings is 1. The number of aromatic nitrogens is 2. The van der Waals surface area contributed by atoms with Crippen LogP contribution in [-0.2, 0) is 5.41 Å². The molecular formula is C15H16BrN3S. The van der Waals surface area contributed by atoms with Gasteiger partial charge in [-0.25, -0.2) is 4.98 Å². The van der Waals surface area contributed by atoms with E-state index in [-0.39, 0.29) is 5.41 Å². The summed E-state index contributed by atoms with van der Waals surface area (Å²) in [7, 11) is 0. The smallest absolute Gasteiger partial charge is 0.153 e. The van der Waals surface area contributed by atoms with E-state index in [1.807, 2.05) is 22.7 Å². The minimum atomic E-state index is 0.150. The third-order valence-corrected chi connectivity index (χ3v) is 5.35. The van der Waals surface area contributed by atoms with Crippen molar-refractivity contribution in [1.29, 1.82) is 0 Å². The van der Waals surface area contributed by atoms with Gasteiger partial charge in [-0.15, -0.1) is 11.3 Å². The first kappa shape index (κ1) is 13.6. The molecule has 0 bridgehead atoms. The van der Waals surface area contributed by atoms with Crippen molar-refractivity contribution in [1.82, 2.24) is 9.38 Å². The highest BCUT2D eigenvalue weighted by atomic mass is 79.9. The Balaban J connectivity index is 2.18. The lowest BCUT2D eigenvalue weighted by molar-refractivity contribution is 0.604. The van der Waals surface area contributed by atoms with Gasteiger partial charge in [-0.1, -0.05) is 20.8 Å². The summed E-state index contributed by atoms with van der Waals surface area (Å²) in [6.45, 7) is 6.64. The van der Waals surface area contributed by atoms with Crippen LogP contribution in [0.2, 0.25) is 0 Å². The van der Waals surface area contributed by atoms with Gasteiger partial charge in [0.1, 0.15) is 11.5 Å². The zero-order valence-electron chi connectivity index (χ0n) is 11.6. The summed E-state index contributed by atoms with van der Waals surface area (Å²) in [5.74, 6) is 0.684. The van der Waals surface area contributed by atoms with E-state index in [1.54, 1.807) is 11.3 Å². The maximum absolute atomic E-state index is 6.24. The van der Waals surface area contributed by atoms with E-state index < -0.39 is 0 Å². The van der Waals surface area contributed by atoms with Gasteiger partial charge >= 0.3 is 0 Å². The molecule has 0 spiro atoms. The standard InChI is InChI=1S/C15H16BrN3S/c1-15(2,3)11-7-6-10(20-11)12-13(17)19-8-4-5-9(16)14(19)18-12/h4-8H,17H2,1-3H3. The number of hydrogen-bond donors (Lipinski definition) is 1. The van der Waals surface area contributed by atoms with Crippen molar-refractivity contribution < 1.29 is 0 Å². The van der Waals surface area contributed by atoms with Gasteiger partial charge in [0, 0.05) is 11.1 Å². The Morgan fingerprint density at radius 2 is 2.00 bits per heavy atom. The van der Waals surface area contributed by atoms with Gasteiger partial charge in [-0.05, 0) is 45.6 Å². The van der Waals surface area contributed by atoms with Crippen molar-refractivity contribution in [2.45, 2.75) is 26.2 Å². The molecule has 104 valence electrons. The molecule has 3 nitrogen and oxygen atoms in total. The van der Waals surface area contributed by atoms with Crippen molar-refractivity contribution in [3.63, 3.8) is 0 Å². The number of imidazole rings is 1. The van der Waals surface area contributed by atoms with Crippen LogP contribution in [0.3, 0.4) is 0 Å². The van der Waals surface area contributed by atoms with E-state index in [0.717, 1.165) is 20.7 Å². The fourth-order valence-corrected chi connectivity index (χ4v) is 3.60. The highest BCUT2D eigenvalue weighted by Gasteiger charge is 2.19. The predicted octanol–water partition coefficient (Wildman–Crippen LogP) is 4.71. The number of fused-ring (bicyclic) bond motifs is 1. The first-order valence-electron chi connectivity index (χ1n) is 6.40. The maximum Gasteiger partial charge on any atom is 0.153 e. The van der Waals surface area contributed by atoms with Crippen LogP contribution in [0.4, 0.5) is 5.82 Å². The number of nitrogen functional groups attached to an aromatic ring is 1. The number of halogens is 1. The number of thiophene rings is 1. The van der Waals surface area contributed by atoms with Gasteiger partial charge in [0.05, 0.1) is 9.35 Å². The summed E-state index contributed by atoms with van der Waals surface area (Å²) in [5.41, 5.74) is 8.11. The molecule has 0 atom stereocenters. The first-order chi connectivity index (χ1) is 9.38. The molecule has 3 heterocycles. The summed E-state index contributed by atoms with van der Waals surface area (Å²) in [6, 6.07) is 8.20. The molecule has 0 aromatic carbocycles. The molecular weight excluding hydrogens is 334 g/mol. The Hall–Kier alpha value is -1.33. The van der Waals surface area contributed by atoms with Crippen molar-refractivity contribution in [2.24, 2.45) is 0 Å². The molecule has 0 aliphatic rings. The number of nitrogens with two attached hydrogens (primary N) is 1. The van der Waals surface area contributed by atoms with E-state index in [4.69, 9.17) is 5.73 Å². The summed E-state index contributed by atoms with van der Waals surface area (Å²) >= 11 is 5.28. The Morgan fingerprint density at radius 1 is 1.25 bits per heavy atom. The fraction of sp³-hybridized carbons (Fsp3) is 0.267. The number of anilines is 1. The predicted molar refractivity (Wildman–Crippen MR) is 89.3 cm³/mol. The highest BCUT2D eigenvalue weighted by molar-refractivity contribution is 9.10. The van der Waals surface area contributed by atoms with E-state index in [1.165, 1.54) is 4.88 Å². The largest absolute Gasteiger partial charge is 0.383 e. The molecule has 3 aromatic heterocycles. The second-order valence-corrected chi connectivity index (χ2v) is 7.75. The monoisotopic (exact) mass is 349 g/mol. The lowest BCUT2D eigenvalue weighted by atomic mass is 9.95. The molecule has 0 unspecified atom stereocenters. The molecule has 3 aromatic rings. The third kappa shape index (κ3) is 2.15. The van der Waals surface area contributed by atoms with E-state index in [2.05, 4.69) is 53.8 Å². The van der Waals surface area contributed by atoms with Crippen molar-refractivity contribution in [3.8, 4) is 10.6 Å². The summed E-state index contributed by atoms with van der Waals surface area (Å²) in [5, 5.41) is 0. The van der Waals surface area contributed by atoms with Gasteiger partial charge in [0.15, 0.2) is 5.65 Å². The topological polar surface area (TPSA) is 43.3 Å². The van der Waals surface area contributed by atoms with Crippen LogP contribution in [0.15, 0.2) is 34.9 Å². The fourth-order valence-electron chi connectivity index (χ4n) is 2.10. The Morgan fingerprint density at radius 3 is 2.60 bits per heavy atom. The molecule has 20 heavy (non-hydrogen) atoms. The first-order valence-corrected chi connectivity index (χ1v) is 8.01. The average molecular weight is 350 g/mol. The van der Waals surface area contributed by atoms with Crippen molar-refractivity contribution >= 4 is 38.7 Å². The third-order valence-electron chi connectivity index (χ3n) is 3.22. The Kier molecular flexibility index (Phi) is 3.14. The number of rotatable bonds is 1. The molecule has 3 rings (SSSR count). The second kappa shape index (κ2) is 4.60. The molecule has 0 aliphatic heterocycles. The van der Waals surface area contributed by atoms with Crippen molar-refractivity contribution in [3.05, 3.63) is 39.8 Å². The van der Waals surface area contributed by atoms with Gasteiger partial charge in [0.2, 0.25) is 0 Å². The number of hydrogen-bond acceptors (Lipinski definition) is 3. The number of nitrogens with zero attached hydrogens (tertiary/aromatic N) is 2. The SMILES string of the molecule is CC(C)(C)c1ccc(-c2nc3c(Br)cccn3c2N)s1. The zero-order chi connectivity index (χ0) is 14.5. The summed E-state index contributed by atoms with van der Waals surface area (Å²) < 4.78 is 2.86. The van der Waals surface area contributed by atoms with E-state index in [0.29, 0.717) is 5.82 Å². The molecule has 5 heteroatoms. The lowest BCUT2D eigenvalue weighted by Gasteiger charge is -2.15. The van der Waals surface area contributed by atoms with Crippen LogP contribution >= 0.6 is 27.3 Å². The quantitative estimate of drug-likeness (QED) is 0.691. The van der Waals surface area contributed by atoms with Crippen LogP contribution in [-0.4, -0.2) is 9.38 Å². The van der Waals surface area contributed by atoms with Crippen LogP contribution < -0.4 is 5.73 Å². The van der Waals surface area contributed by atoms with Crippen molar-refractivity contribution in [2.75, 3.05) is 5.73 Å². The molecule has 0 saturated carbocycles.